The van der Waals surface area contributed by atoms with Gasteiger partial charge in [0, 0.05) is 0 Å². The summed E-state index contributed by atoms with van der Waals surface area (Å²) in [5, 5.41) is 0. The van der Waals surface area contributed by atoms with Gasteiger partial charge in [-0.3, -0.25) is 0 Å². The van der Waals surface area contributed by atoms with Crippen LogP contribution in [-0.2, 0) is 25.9 Å². The molecule has 0 fully saturated rings. The summed E-state index contributed by atoms with van der Waals surface area (Å²) >= 11 is 2.39. The van der Waals surface area contributed by atoms with Crippen LogP contribution in [0.5, 0.6) is 0 Å². The van der Waals surface area contributed by atoms with Crippen molar-refractivity contribution < 1.29 is 57.7 Å². The van der Waals surface area contributed by atoms with Gasteiger partial charge < -0.3 is 37.2 Å². The molecule has 3 aromatic rings. The normalized spacial score (nSPS) is 17.9. The molecular weight excluding hydrogens is 491 g/mol. The van der Waals surface area contributed by atoms with Crippen LogP contribution < -0.4 is 37.2 Å². The van der Waals surface area contributed by atoms with E-state index in [-0.39, 0.29) is 46.4 Å². The first kappa shape index (κ1) is 28.8. The van der Waals surface area contributed by atoms with Gasteiger partial charge in [-0.1, -0.05) is 0 Å². The molecule has 0 spiro atoms. The van der Waals surface area contributed by atoms with Crippen molar-refractivity contribution in [3.8, 4) is 0 Å². The van der Waals surface area contributed by atoms with Crippen molar-refractivity contribution in [3.05, 3.63) is 131 Å². The summed E-state index contributed by atoms with van der Waals surface area (Å²) in [5.74, 6) is 0.563. The minimum absolute atomic E-state index is 0. The second-order valence-electron chi connectivity index (χ2n) is 8.00. The number of halogens is 3. The zero-order valence-corrected chi connectivity index (χ0v) is 22.1. The van der Waals surface area contributed by atoms with Gasteiger partial charge in [-0.05, 0) is 0 Å². The van der Waals surface area contributed by atoms with Crippen LogP contribution in [-0.4, -0.2) is 0 Å². The van der Waals surface area contributed by atoms with Gasteiger partial charge in [0.05, 0.1) is 0 Å². The van der Waals surface area contributed by atoms with E-state index in [1.54, 1.807) is 0 Å². The van der Waals surface area contributed by atoms with Crippen molar-refractivity contribution in [1.29, 1.82) is 0 Å². The van der Waals surface area contributed by atoms with E-state index >= 15 is 0 Å². The third kappa shape index (κ3) is 4.96. The fourth-order valence-electron chi connectivity index (χ4n) is 4.64. The molecule has 0 nitrogen and oxygen atoms in total. The van der Waals surface area contributed by atoms with Crippen molar-refractivity contribution in [3.63, 3.8) is 0 Å². The van der Waals surface area contributed by atoms with Gasteiger partial charge in [0.2, 0.25) is 0 Å². The Bertz CT molecular complexity index is 920. The van der Waals surface area contributed by atoms with Gasteiger partial charge in [0.15, 0.2) is 0 Å². The third-order valence-corrected chi connectivity index (χ3v) is 7.43. The molecule has 0 aromatic heterocycles. The summed E-state index contributed by atoms with van der Waals surface area (Å²) in [6.07, 6.45) is 8.47. The van der Waals surface area contributed by atoms with E-state index in [9.17, 15) is 0 Å². The zero-order valence-electron chi connectivity index (χ0n) is 18.3. The molecule has 0 aliphatic heterocycles. The predicted octanol–water partition coefficient (Wildman–Crippen LogP) is -1.72. The Hall–Kier alpha value is -1.28. The summed E-state index contributed by atoms with van der Waals surface area (Å²) in [6.45, 7) is 4.60. The molecule has 0 radical (unpaired) electrons. The fourth-order valence-corrected chi connectivity index (χ4v) is 5.71. The Morgan fingerprint density at radius 1 is 0.719 bits per heavy atom. The van der Waals surface area contributed by atoms with Crippen LogP contribution in [0.25, 0.3) is 0 Å². The van der Waals surface area contributed by atoms with Crippen molar-refractivity contribution in [2.75, 3.05) is 0 Å². The Kier molecular flexibility index (Phi) is 11.0. The molecule has 0 heterocycles. The smallest absolute Gasteiger partial charge is 1.00 e. The van der Waals surface area contributed by atoms with Crippen molar-refractivity contribution in [2.24, 2.45) is 5.92 Å². The zero-order chi connectivity index (χ0) is 20.3. The van der Waals surface area contributed by atoms with E-state index in [1.807, 2.05) is 0 Å². The number of hydrogen-bond donors (Lipinski definition) is 0. The molecule has 0 N–H and O–H groups in total. The van der Waals surface area contributed by atoms with Crippen LogP contribution in [0.1, 0.15) is 37.0 Å². The molecule has 1 aliphatic carbocycles. The van der Waals surface area contributed by atoms with E-state index < -0.39 is 0 Å². The molecule has 0 bridgehead atoms. The second kappa shape index (κ2) is 12.3. The maximum Gasteiger partial charge on any atom is -1.00 e. The third-order valence-electron chi connectivity index (χ3n) is 6.36. The molecule has 1 aliphatic rings. The average Bonchev–Trinajstić information content (AvgIpc) is 3.19. The first-order valence-electron chi connectivity index (χ1n) is 10.5. The van der Waals surface area contributed by atoms with Crippen molar-refractivity contribution >= 4 is 0 Å². The second-order valence-corrected chi connectivity index (χ2v) is 9.30. The van der Waals surface area contributed by atoms with Crippen LogP contribution in [0.3, 0.4) is 0 Å². The molecule has 2 unspecified atom stereocenters. The summed E-state index contributed by atoms with van der Waals surface area (Å²) in [6, 6.07) is 33.0. The minimum atomic E-state index is -0.303. The van der Waals surface area contributed by atoms with Crippen LogP contribution >= 0.6 is 0 Å². The molecule has 4 heteroatoms. The maximum atomic E-state index is 2.52. The summed E-state index contributed by atoms with van der Waals surface area (Å²) < 4.78 is -0.171. The monoisotopic (exact) mass is 516 g/mol. The van der Waals surface area contributed by atoms with E-state index in [4.69, 9.17) is 0 Å². The Morgan fingerprint density at radius 3 is 1.44 bits per heavy atom. The molecule has 4 rings (SSSR count). The molecule has 0 saturated carbocycles. The number of rotatable bonds is 6. The maximum absolute atomic E-state index is 2.52. The SMILES string of the molecule is CCC(C)C1=C[C]([Ti+3])(C(c2ccccc2)(c2ccccc2)c2ccccc2)C=C1.[Cl-].[Cl-].[Cl-]. The number of benzene rings is 3. The molecule has 164 valence electrons. The first-order chi connectivity index (χ1) is 14.1. The van der Waals surface area contributed by atoms with Gasteiger partial charge in [0.1, 0.15) is 0 Å². The first-order valence-corrected chi connectivity index (χ1v) is 11.2. The average molecular weight is 518 g/mol. The van der Waals surface area contributed by atoms with Crippen molar-refractivity contribution in [1.82, 2.24) is 0 Å². The van der Waals surface area contributed by atoms with E-state index in [0.717, 1.165) is 6.42 Å². The Labute approximate surface area is 223 Å². The number of hydrogen-bond acceptors (Lipinski definition) is 0. The molecule has 0 amide bonds. The standard InChI is InChI=1S/C28H27.3ClH.Ti/c1-3-22(2)23-19-20-27(21-23)28(24-13-7-4-8-14-24,25-15-9-5-10-16-25)26-17-11-6-12-18-26;;;;/h4-22H,3H2,1-2H3;3*1H;/q;;;;+3/p-3. The Balaban J connectivity index is 0.00000171. The topological polar surface area (TPSA) is 0 Å². The molecule has 0 saturated heterocycles. The van der Waals surface area contributed by atoms with Crippen LogP contribution in [0, 0.1) is 5.92 Å². The van der Waals surface area contributed by atoms with E-state index in [1.165, 1.54) is 22.3 Å². The predicted molar refractivity (Wildman–Crippen MR) is 119 cm³/mol. The van der Waals surface area contributed by atoms with Gasteiger partial charge >= 0.3 is 187 Å². The minimum Gasteiger partial charge on any atom is -1.00 e. The fraction of sp³-hybridized carbons (Fsp3) is 0.214. The summed E-state index contributed by atoms with van der Waals surface area (Å²) in [4.78, 5) is 0. The van der Waals surface area contributed by atoms with Gasteiger partial charge in [-0.25, -0.2) is 0 Å². The molecule has 32 heavy (non-hydrogen) atoms. The summed E-state index contributed by atoms with van der Waals surface area (Å²) in [5.41, 5.74) is 5.12. The van der Waals surface area contributed by atoms with Crippen LogP contribution in [0.15, 0.2) is 115 Å². The molecule has 3 aromatic carbocycles. The van der Waals surface area contributed by atoms with Crippen molar-refractivity contribution in [2.45, 2.75) is 29.4 Å². The molecular formula is C28H27Cl3Ti. The summed E-state index contributed by atoms with van der Waals surface area (Å²) in [7, 11) is 0. The van der Waals surface area contributed by atoms with Crippen LogP contribution in [0.2, 0.25) is 3.72 Å². The number of allylic oxidation sites excluding steroid dienone is 4. The van der Waals surface area contributed by atoms with Gasteiger partial charge in [-0.2, -0.15) is 0 Å². The molecule has 2 atom stereocenters. The largest absolute Gasteiger partial charge is 1.00 e. The van der Waals surface area contributed by atoms with Gasteiger partial charge in [-0.15, -0.1) is 0 Å². The van der Waals surface area contributed by atoms with Gasteiger partial charge in [0.25, 0.3) is 0 Å². The quantitative estimate of drug-likeness (QED) is 0.270. The van der Waals surface area contributed by atoms with Crippen LogP contribution in [0.4, 0.5) is 0 Å². The Morgan fingerprint density at radius 2 is 1.09 bits per heavy atom. The van der Waals surface area contributed by atoms with E-state index in [0.29, 0.717) is 5.92 Å². The van der Waals surface area contributed by atoms with E-state index in [2.05, 4.69) is 144 Å².